The Kier molecular flexibility index (Phi) is 4.99. The summed E-state index contributed by atoms with van der Waals surface area (Å²) in [5.41, 5.74) is 2.19. The lowest BCUT2D eigenvalue weighted by molar-refractivity contribution is -0.384. The summed E-state index contributed by atoms with van der Waals surface area (Å²) in [6, 6.07) is 16.5. The third kappa shape index (κ3) is 3.85. The highest BCUT2D eigenvalue weighted by atomic mass is 16.6. The molecule has 0 atom stereocenters. The van der Waals surface area contributed by atoms with Gasteiger partial charge in [0, 0.05) is 30.0 Å². The molecule has 0 saturated carbocycles. The minimum absolute atomic E-state index is 0.0109. The fourth-order valence-electron chi connectivity index (χ4n) is 2.77. The molecule has 1 aromatic heterocycles. The van der Waals surface area contributed by atoms with E-state index in [1.165, 1.54) is 29.9 Å². The van der Waals surface area contributed by atoms with Gasteiger partial charge in [0.05, 0.1) is 30.2 Å². The molecule has 0 saturated heterocycles. The number of pyridine rings is 1. The van der Waals surface area contributed by atoms with E-state index in [4.69, 9.17) is 10.00 Å². The van der Waals surface area contributed by atoms with Crippen LogP contribution in [0.5, 0.6) is 5.75 Å². The Hall–Kier alpha value is -3.92. The van der Waals surface area contributed by atoms with Crippen molar-refractivity contribution < 1.29 is 9.66 Å². The van der Waals surface area contributed by atoms with Crippen molar-refractivity contribution in [3.05, 3.63) is 92.4 Å². The van der Waals surface area contributed by atoms with Crippen LogP contribution in [0.15, 0.2) is 65.6 Å². The molecule has 0 aliphatic carbocycles. The van der Waals surface area contributed by atoms with E-state index >= 15 is 0 Å². The van der Waals surface area contributed by atoms with Gasteiger partial charge in [-0.2, -0.15) is 5.26 Å². The van der Waals surface area contributed by atoms with Crippen molar-refractivity contribution in [1.82, 2.24) is 4.57 Å². The first-order chi connectivity index (χ1) is 13.0. The second-order valence-electron chi connectivity index (χ2n) is 5.84. The van der Waals surface area contributed by atoms with Crippen molar-refractivity contribution in [2.75, 3.05) is 7.11 Å². The van der Waals surface area contributed by atoms with E-state index < -0.39 is 4.92 Å². The van der Waals surface area contributed by atoms with Crippen LogP contribution in [0.3, 0.4) is 0 Å². The smallest absolute Gasteiger partial charge is 0.270 e. The van der Waals surface area contributed by atoms with Gasteiger partial charge in [0.1, 0.15) is 5.75 Å². The highest BCUT2D eigenvalue weighted by Crippen LogP contribution is 2.33. The first-order valence-corrected chi connectivity index (χ1v) is 8.04. The molecule has 7 heteroatoms. The summed E-state index contributed by atoms with van der Waals surface area (Å²) in [6.45, 7) is 0.302. The Morgan fingerprint density at radius 1 is 1.19 bits per heavy atom. The Morgan fingerprint density at radius 3 is 2.67 bits per heavy atom. The molecule has 1 heterocycles. The van der Waals surface area contributed by atoms with Gasteiger partial charge in [-0.3, -0.25) is 14.9 Å². The number of ether oxygens (including phenoxy) is 1. The summed E-state index contributed by atoms with van der Waals surface area (Å²) in [6.07, 6.45) is 1.57. The van der Waals surface area contributed by atoms with Crippen LogP contribution < -0.4 is 10.3 Å². The van der Waals surface area contributed by atoms with Gasteiger partial charge in [0.2, 0.25) is 0 Å². The van der Waals surface area contributed by atoms with Crippen LogP contribution in [0.4, 0.5) is 5.69 Å². The van der Waals surface area contributed by atoms with Gasteiger partial charge in [-0.15, -0.1) is 0 Å². The minimum atomic E-state index is -0.448. The van der Waals surface area contributed by atoms with Crippen LogP contribution in [0.25, 0.3) is 11.1 Å². The average molecular weight is 361 g/mol. The third-order valence-corrected chi connectivity index (χ3v) is 4.11. The maximum atomic E-state index is 12.1. The molecule has 0 spiro atoms. The van der Waals surface area contributed by atoms with Gasteiger partial charge in [-0.25, -0.2) is 0 Å². The number of nitrogens with zero attached hydrogens (tertiary/aromatic N) is 3. The number of nitro benzene ring substituents is 1. The van der Waals surface area contributed by atoms with Gasteiger partial charge < -0.3 is 9.30 Å². The minimum Gasteiger partial charge on any atom is -0.496 e. The summed E-state index contributed by atoms with van der Waals surface area (Å²) in [7, 11) is 1.53. The maximum absolute atomic E-state index is 12.1. The monoisotopic (exact) mass is 361 g/mol. The SMILES string of the molecule is COc1ccc(Cn2ccc(C#N)cc2=O)cc1-c1cccc([N+](=O)[O-])c1. The lowest BCUT2D eigenvalue weighted by Gasteiger charge is -2.12. The largest absolute Gasteiger partial charge is 0.496 e. The van der Waals surface area contributed by atoms with Crippen molar-refractivity contribution in [1.29, 1.82) is 5.26 Å². The number of hydrogen-bond acceptors (Lipinski definition) is 5. The molecule has 3 aromatic rings. The molecule has 3 rings (SSSR count). The Labute approximate surface area is 154 Å². The zero-order valence-corrected chi connectivity index (χ0v) is 14.5. The molecular weight excluding hydrogens is 346 g/mol. The van der Waals surface area contributed by atoms with E-state index in [1.807, 2.05) is 18.2 Å². The molecule has 7 nitrogen and oxygen atoms in total. The van der Waals surface area contributed by atoms with E-state index in [2.05, 4.69) is 0 Å². The fraction of sp³-hybridized carbons (Fsp3) is 0.100. The Bertz CT molecular complexity index is 1110. The molecule has 0 aliphatic heterocycles. The molecule has 0 bridgehead atoms. The van der Waals surface area contributed by atoms with Crippen LogP contribution in [0.2, 0.25) is 0 Å². The van der Waals surface area contributed by atoms with Crippen LogP contribution in [0.1, 0.15) is 11.1 Å². The molecule has 27 heavy (non-hydrogen) atoms. The predicted octanol–water partition coefficient (Wildman–Crippen LogP) is 3.35. The Morgan fingerprint density at radius 2 is 2.00 bits per heavy atom. The number of nitriles is 1. The summed E-state index contributed by atoms with van der Waals surface area (Å²) in [5.74, 6) is 0.575. The van der Waals surface area contributed by atoms with Crippen molar-refractivity contribution >= 4 is 5.69 Å². The zero-order chi connectivity index (χ0) is 19.4. The lowest BCUT2D eigenvalue weighted by Crippen LogP contribution is -2.19. The molecule has 0 aliphatic rings. The molecule has 0 radical (unpaired) electrons. The molecule has 0 unspecified atom stereocenters. The first-order valence-electron chi connectivity index (χ1n) is 8.04. The van der Waals surface area contributed by atoms with E-state index in [0.717, 1.165) is 5.56 Å². The number of rotatable bonds is 5. The molecule has 0 amide bonds. The molecule has 0 fully saturated rings. The molecular formula is C20H15N3O4. The van der Waals surface area contributed by atoms with Crippen LogP contribution in [-0.4, -0.2) is 16.6 Å². The van der Waals surface area contributed by atoms with Gasteiger partial charge in [0.25, 0.3) is 11.2 Å². The number of non-ortho nitro benzene ring substituents is 1. The second-order valence-corrected chi connectivity index (χ2v) is 5.84. The third-order valence-electron chi connectivity index (χ3n) is 4.11. The van der Waals surface area contributed by atoms with E-state index in [0.29, 0.717) is 29.0 Å². The standard InChI is InChI=1S/C20H15N3O4/c1-27-19-6-5-15(13-22-8-7-14(12-21)10-20(22)24)9-18(19)16-3-2-4-17(11-16)23(25)26/h2-11H,13H2,1H3. The van der Waals surface area contributed by atoms with Gasteiger partial charge in [-0.05, 0) is 29.3 Å². The molecule has 0 N–H and O–H groups in total. The number of benzene rings is 2. The maximum Gasteiger partial charge on any atom is 0.270 e. The van der Waals surface area contributed by atoms with Gasteiger partial charge >= 0.3 is 0 Å². The highest BCUT2D eigenvalue weighted by molar-refractivity contribution is 5.73. The summed E-state index contributed by atoms with van der Waals surface area (Å²) in [4.78, 5) is 22.7. The van der Waals surface area contributed by atoms with Crippen molar-refractivity contribution in [3.8, 4) is 22.9 Å². The summed E-state index contributed by atoms with van der Waals surface area (Å²) in [5, 5.41) is 19.9. The predicted molar refractivity (Wildman–Crippen MR) is 99.6 cm³/mol. The molecule has 134 valence electrons. The number of hydrogen-bond donors (Lipinski definition) is 0. The normalized spacial score (nSPS) is 10.2. The number of nitro groups is 1. The highest BCUT2D eigenvalue weighted by Gasteiger charge is 2.12. The van der Waals surface area contributed by atoms with E-state index in [9.17, 15) is 14.9 Å². The van der Waals surface area contributed by atoms with Gasteiger partial charge in [0.15, 0.2) is 0 Å². The van der Waals surface area contributed by atoms with Crippen LogP contribution in [-0.2, 0) is 6.54 Å². The summed E-state index contributed by atoms with van der Waals surface area (Å²) < 4.78 is 6.87. The van der Waals surface area contributed by atoms with E-state index in [1.54, 1.807) is 30.5 Å². The van der Waals surface area contributed by atoms with Gasteiger partial charge in [-0.1, -0.05) is 18.2 Å². The first kappa shape index (κ1) is 17.9. The van der Waals surface area contributed by atoms with Crippen molar-refractivity contribution in [2.45, 2.75) is 6.54 Å². The average Bonchev–Trinajstić information content (AvgIpc) is 2.69. The lowest BCUT2D eigenvalue weighted by atomic mass is 10.0. The van der Waals surface area contributed by atoms with Crippen molar-refractivity contribution in [2.24, 2.45) is 0 Å². The Balaban J connectivity index is 2.02. The topological polar surface area (TPSA) is 98.2 Å². The number of aromatic nitrogens is 1. The van der Waals surface area contributed by atoms with Crippen LogP contribution in [0, 0.1) is 21.4 Å². The quantitative estimate of drug-likeness (QED) is 0.513. The summed E-state index contributed by atoms with van der Waals surface area (Å²) >= 11 is 0. The molecule has 2 aromatic carbocycles. The number of methoxy groups -OCH3 is 1. The van der Waals surface area contributed by atoms with Crippen molar-refractivity contribution in [3.63, 3.8) is 0 Å². The zero-order valence-electron chi connectivity index (χ0n) is 14.5. The van der Waals surface area contributed by atoms with E-state index in [-0.39, 0.29) is 11.2 Å². The van der Waals surface area contributed by atoms with Crippen LogP contribution >= 0.6 is 0 Å². The second kappa shape index (κ2) is 7.54. The fourth-order valence-corrected chi connectivity index (χ4v) is 2.77.